The number of benzene rings is 7. The number of non-ortho nitro benzene ring substituents is 3. The number of aryl methyl sites for hydroxylation is 5. The van der Waals surface area contributed by atoms with Crippen molar-refractivity contribution in [3.63, 3.8) is 0 Å². The van der Waals surface area contributed by atoms with Gasteiger partial charge in [-0.3, -0.25) is 104 Å². The number of piperidine rings is 1. The molecule has 14 aromatic rings. The first-order chi connectivity index (χ1) is 71.1. The fraction of sp³-hybridized carbons (Fsp3) is 0.152. The molecule has 0 spiro atoms. The average Bonchev–Trinajstić information content (AvgIpc) is 0.811. The molecule has 0 atom stereocenters. The molecule has 766 valence electrons. The van der Waals surface area contributed by atoms with Crippen molar-refractivity contribution in [2.45, 2.75) is 67.7 Å². The van der Waals surface area contributed by atoms with Crippen molar-refractivity contribution in [3.05, 3.63) is 415 Å². The van der Waals surface area contributed by atoms with Crippen LogP contribution in [0.5, 0.6) is 17.2 Å². The lowest BCUT2D eigenvalue weighted by Gasteiger charge is -2.28. The minimum atomic E-state index is -0.597. The van der Waals surface area contributed by atoms with Crippen LogP contribution in [-0.4, -0.2) is 144 Å². The van der Waals surface area contributed by atoms with E-state index in [1.165, 1.54) is 147 Å². The average molecular weight is 2380 g/mol. The second-order valence-corrected chi connectivity index (χ2v) is 35.0. The molecule has 1 fully saturated rings. The van der Waals surface area contributed by atoms with Crippen LogP contribution < -0.4 is 56.3 Å². The van der Waals surface area contributed by atoms with Crippen molar-refractivity contribution in [3.8, 4) is 17.2 Å². The van der Waals surface area contributed by atoms with Crippen LogP contribution in [0.4, 0.5) is 86.2 Å². The van der Waals surface area contributed by atoms with Crippen LogP contribution in [0, 0.1) is 113 Å². The standard InChI is InChI=1S/C18H19IN4O3.C15H15N3O4.C14H12IN3O4.C14H13N3O4.C14H13N3O3.C12H7Br2N3O3.C12H9N3O3/c1-12-14(19)6-8-17(20-12)21-18(24)13-5-7-15(16(11-13)23(25)26)22-9-3-2-4-10-22;1-3-22-13-8-7-11(9-12(13)18(20)21)15(19)17-14-6-4-5-10(2)16-14;1-2-22-12-5-3-9(7-11(12)18(20)21)14(19)17-13-6-4-10(15)8-16-13;1-9-4-3-5-13(15-9)16-14(18)10-6-7-12(21-2)11(8-10)17(19)20;1-9-6-10(2)15-13(7-9)16-14(18)11-4-3-5-12(8-11)17(19)20;13-8-5-10(14)11(15-6-8)16-12(18)7-2-1-3-9(4-7)17(19)20;16-12(14-11-6-1-2-7-13-11)9-4-3-5-10(8-9)15(17)18/h5-8,11H,2-4,9-10H2,1H3,(H,20,21,24);4-9H,3H2,1-2H3,(H,16,17,19);3-8H,2H2,1H3,(H,16,17,19);3-8H,1-2H3,(H,15,16,18);3-8H,1-2H3,(H,15,16,18);1-6H,(H,15,16,18);1-8H,(H,13,14,16). The molecule has 8 heterocycles. The summed E-state index contributed by atoms with van der Waals surface area (Å²) >= 11 is 10.8. The van der Waals surface area contributed by atoms with Gasteiger partial charge in [0.2, 0.25) is 0 Å². The van der Waals surface area contributed by atoms with Crippen molar-refractivity contribution in [1.82, 2.24) is 34.9 Å². The summed E-state index contributed by atoms with van der Waals surface area (Å²) in [5, 5.41) is 94.8. The predicted octanol–water partition coefficient (Wildman–Crippen LogP) is 21.8. The number of aromatic nitrogens is 7. The van der Waals surface area contributed by atoms with Gasteiger partial charge in [-0.1, -0.05) is 36.4 Å². The lowest BCUT2D eigenvalue weighted by Crippen LogP contribution is -2.30. The molecule has 46 nitrogen and oxygen atoms in total. The second-order valence-electron chi connectivity index (χ2n) is 30.8. The monoisotopic (exact) mass is 2380 g/mol. The normalized spacial score (nSPS) is 10.8. The molecule has 7 amide bonds. The SMILES string of the molecule is CCOc1ccc(C(=O)Nc2ccc(I)cn2)cc1[N+](=O)[O-].CCOc1ccc(C(=O)Nc2cccc(C)n2)cc1[N+](=O)[O-].COc1ccc(C(=O)Nc2cccc(C)n2)cc1[N+](=O)[O-].Cc1cc(C)nc(NC(=O)c2cccc([N+](=O)[O-])c2)c1.Cc1nc(NC(=O)c2ccc(N3CCCCC3)c([N+](=O)[O-])c2)ccc1I.O=C(Nc1ccccn1)c1cccc([N+](=O)[O-])c1.O=C(Nc1ncc(Br)cc1Br)c1cccc([N+](=O)[O-])c1. The van der Waals surface area contributed by atoms with E-state index in [1.54, 1.807) is 137 Å². The maximum absolute atomic E-state index is 12.5. The predicted molar refractivity (Wildman–Crippen MR) is 576 cm³/mol. The fourth-order valence-electron chi connectivity index (χ4n) is 13.1. The molecule has 1 aliphatic heterocycles. The molecule has 7 aromatic heterocycles. The van der Waals surface area contributed by atoms with Crippen LogP contribution in [-0.2, 0) is 0 Å². The minimum absolute atomic E-state index is 0.0358. The zero-order valence-corrected chi connectivity index (χ0v) is 87.3. The van der Waals surface area contributed by atoms with Crippen molar-refractivity contribution in [2.24, 2.45) is 0 Å². The Bertz CT molecular complexity index is 7310. The molecular formula is C99H88Br2I2N22O24. The van der Waals surface area contributed by atoms with Crippen LogP contribution in [0.15, 0.2) is 270 Å². The van der Waals surface area contributed by atoms with Gasteiger partial charge < -0.3 is 56.3 Å². The van der Waals surface area contributed by atoms with Gasteiger partial charge in [0.05, 0.1) is 65.0 Å². The molecule has 0 saturated carbocycles. The van der Waals surface area contributed by atoms with E-state index >= 15 is 0 Å². The number of rotatable bonds is 27. The zero-order chi connectivity index (χ0) is 109. The Balaban J connectivity index is 0.000000193. The lowest BCUT2D eigenvalue weighted by molar-refractivity contribution is -0.386. The fourth-order valence-corrected chi connectivity index (χ4v) is 14.8. The number of nitrogens with one attached hydrogen (secondary N) is 7. The number of anilines is 8. The Morgan fingerprint density at radius 3 is 1.13 bits per heavy atom. The van der Waals surface area contributed by atoms with Gasteiger partial charge in [-0.2, -0.15) is 0 Å². The number of halogens is 4. The smallest absolute Gasteiger partial charge is 0.311 e. The number of hydrogen-bond donors (Lipinski definition) is 7. The summed E-state index contributed by atoms with van der Waals surface area (Å²) in [6, 6.07) is 61.3. The molecule has 0 radical (unpaired) electrons. The number of nitro benzene ring substituents is 7. The number of methoxy groups -OCH3 is 1. The molecular weight excluding hydrogens is 2290 g/mol. The number of carbonyl (C=O) groups is 7. The van der Waals surface area contributed by atoms with Gasteiger partial charge in [0.15, 0.2) is 17.2 Å². The third-order valence-corrected chi connectivity index (χ3v) is 22.8. The van der Waals surface area contributed by atoms with Crippen molar-refractivity contribution in [1.29, 1.82) is 0 Å². The highest BCUT2D eigenvalue weighted by Crippen LogP contribution is 2.35. The third-order valence-electron chi connectivity index (χ3n) is 19.9. The Labute approximate surface area is 891 Å². The van der Waals surface area contributed by atoms with Gasteiger partial charge in [-0.25, -0.2) is 34.9 Å². The molecule has 7 aromatic carbocycles. The summed E-state index contributed by atoms with van der Waals surface area (Å²) in [7, 11) is 1.33. The van der Waals surface area contributed by atoms with Crippen LogP contribution in [0.3, 0.4) is 0 Å². The summed E-state index contributed by atoms with van der Waals surface area (Å²) < 4.78 is 18.6. The number of pyridine rings is 7. The zero-order valence-electron chi connectivity index (χ0n) is 79.8. The second kappa shape index (κ2) is 56.5. The van der Waals surface area contributed by atoms with E-state index in [0.717, 1.165) is 72.3 Å². The van der Waals surface area contributed by atoms with E-state index in [0.29, 0.717) is 64.1 Å². The number of nitro groups is 7. The minimum Gasteiger partial charge on any atom is -0.490 e. The number of ether oxygens (including phenoxy) is 3. The van der Waals surface area contributed by atoms with Crippen molar-refractivity contribution >= 4 is 205 Å². The molecule has 7 N–H and O–H groups in total. The van der Waals surface area contributed by atoms with E-state index in [2.05, 4.69) is 149 Å². The summed E-state index contributed by atoms with van der Waals surface area (Å²) in [4.78, 5) is 188. The van der Waals surface area contributed by atoms with E-state index < -0.39 is 75.8 Å². The largest absolute Gasteiger partial charge is 0.490 e. The van der Waals surface area contributed by atoms with Crippen molar-refractivity contribution in [2.75, 3.05) is 75.5 Å². The van der Waals surface area contributed by atoms with Gasteiger partial charge in [0.1, 0.15) is 46.4 Å². The third kappa shape index (κ3) is 35.9. The highest BCUT2D eigenvalue weighted by molar-refractivity contribution is 14.1. The molecule has 0 bridgehead atoms. The highest BCUT2D eigenvalue weighted by Gasteiger charge is 2.27. The highest BCUT2D eigenvalue weighted by atomic mass is 127. The number of carbonyl (C=O) groups excluding carboxylic acids is 7. The molecule has 1 aliphatic rings. The van der Waals surface area contributed by atoms with Gasteiger partial charge >= 0.3 is 17.1 Å². The lowest BCUT2D eigenvalue weighted by atomic mass is 10.1. The van der Waals surface area contributed by atoms with Gasteiger partial charge in [-0.15, -0.1) is 0 Å². The Kier molecular flexibility index (Phi) is 43.6. The summed E-state index contributed by atoms with van der Waals surface area (Å²) in [5.74, 6) is -0.0306. The summed E-state index contributed by atoms with van der Waals surface area (Å²) in [5.41, 5.74) is 4.88. The van der Waals surface area contributed by atoms with Crippen LogP contribution in [0.2, 0.25) is 0 Å². The Hall–Kier alpha value is -17.7. The maximum atomic E-state index is 12.5. The maximum Gasteiger partial charge on any atom is 0.311 e. The molecule has 50 heteroatoms. The van der Waals surface area contributed by atoms with Gasteiger partial charge in [0, 0.05) is 160 Å². The first-order valence-electron chi connectivity index (χ1n) is 44.0. The Morgan fingerprint density at radius 2 is 0.738 bits per heavy atom. The molecule has 15 rings (SSSR count). The number of amides is 7. The van der Waals surface area contributed by atoms with Crippen LogP contribution in [0.1, 0.15) is 134 Å². The quantitative estimate of drug-likeness (QED) is 0.0143. The first kappa shape index (κ1) is 115. The summed E-state index contributed by atoms with van der Waals surface area (Å²) in [6.45, 7) is 14.9. The first-order valence-corrected chi connectivity index (χ1v) is 47.7. The van der Waals surface area contributed by atoms with E-state index in [1.807, 2.05) is 37.8 Å². The van der Waals surface area contributed by atoms with E-state index in [9.17, 15) is 104 Å². The van der Waals surface area contributed by atoms with Gasteiger partial charge in [-0.05, 0) is 296 Å². The number of nitrogens with zero attached hydrogens (tertiary/aromatic N) is 15. The van der Waals surface area contributed by atoms with Crippen LogP contribution in [0.25, 0.3) is 0 Å². The number of hydrogen-bond acceptors (Lipinski definition) is 32. The van der Waals surface area contributed by atoms with E-state index in [-0.39, 0.29) is 96.0 Å². The van der Waals surface area contributed by atoms with E-state index in [4.69, 9.17) is 14.2 Å². The van der Waals surface area contributed by atoms with Crippen molar-refractivity contribution < 1.29 is 82.2 Å². The molecule has 1 saturated heterocycles. The molecule has 149 heavy (non-hydrogen) atoms. The molecule has 0 aliphatic carbocycles. The van der Waals surface area contributed by atoms with Crippen LogP contribution >= 0.6 is 77.0 Å². The Morgan fingerprint density at radius 1 is 0.356 bits per heavy atom. The van der Waals surface area contributed by atoms with Gasteiger partial charge in [0.25, 0.3) is 64.1 Å². The summed E-state index contributed by atoms with van der Waals surface area (Å²) in [6.07, 6.45) is 7.88. The molecule has 0 unspecified atom stereocenters. The topological polar surface area (TPSA) is 627 Å².